The van der Waals surface area contributed by atoms with Crippen LogP contribution in [-0.4, -0.2) is 58.3 Å². The maximum Gasteiger partial charge on any atom is 0.0625 e. The van der Waals surface area contributed by atoms with E-state index in [0.29, 0.717) is 6.04 Å². The molecule has 1 aliphatic heterocycles. The molecule has 1 aromatic heterocycles. The summed E-state index contributed by atoms with van der Waals surface area (Å²) in [6.45, 7) is 10.7. The molecule has 20 heavy (non-hydrogen) atoms. The Morgan fingerprint density at radius 2 is 1.95 bits per heavy atom. The predicted molar refractivity (Wildman–Crippen MR) is 82.6 cm³/mol. The molecule has 1 atom stereocenters. The lowest BCUT2D eigenvalue weighted by Crippen LogP contribution is -2.51. The molecule has 0 aromatic carbocycles. The number of aromatic nitrogens is 2. The molecule has 0 saturated carbocycles. The number of piperazine rings is 1. The lowest BCUT2D eigenvalue weighted by atomic mass is 10.1. The van der Waals surface area contributed by atoms with Crippen molar-refractivity contribution in [2.75, 3.05) is 32.7 Å². The second kappa shape index (κ2) is 7.20. The zero-order valence-electron chi connectivity index (χ0n) is 13.2. The van der Waals surface area contributed by atoms with Gasteiger partial charge in [-0.15, -0.1) is 0 Å². The van der Waals surface area contributed by atoms with Gasteiger partial charge in [0.15, 0.2) is 0 Å². The number of nitrogens with zero attached hydrogens (tertiary/aromatic N) is 4. The Balaban J connectivity index is 1.86. The summed E-state index contributed by atoms with van der Waals surface area (Å²) in [5.74, 6) is 0. The Morgan fingerprint density at radius 1 is 1.25 bits per heavy atom. The topological polar surface area (TPSA) is 50.3 Å². The molecule has 1 aliphatic rings. The maximum absolute atomic E-state index is 5.84. The van der Waals surface area contributed by atoms with Gasteiger partial charge in [-0.2, -0.15) is 5.10 Å². The van der Waals surface area contributed by atoms with Crippen LogP contribution in [0.1, 0.15) is 31.7 Å². The first kappa shape index (κ1) is 15.5. The second-order valence-electron chi connectivity index (χ2n) is 5.71. The van der Waals surface area contributed by atoms with Gasteiger partial charge >= 0.3 is 0 Å². The summed E-state index contributed by atoms with van der Waals surface area (Å²) in [4.78, 5) is 5.06. The van der Waals surface area contributed by atoms with E-state index in [-0.39, 0.29) is 0 Å². The van der Waals surface area contributed by atoms with E-state index >= 15 is 0 Å². The number of nitrogens with two attached hydrogens (primary N) is 1. The molecule has 0 aliphatic carbocycles. The van der Waals surface area contributed by atoms with Crippen LogP contribution in [0.25, 0.3) is 0 Å². The fraction of sp³-hybridized carbons (Fsp3) is 0.800. The molecule has 114 valence electrons. The molecule has 2 rings (SSSR count). The van der Waals surface area contributed by atoms with E-state index in [2.05, 4.69) is 34.8 Å². The van der Waals surface area contributed by atoms with Crippen LogP contribution in [0.3, 0.4) is 0 Å². The summed E-state index contributed by atoms with van der Waals surface area (Å²) in [7, 11) is 2.05. The highest BCUT2D eigenvalue weighted by molar-refractivity contribution is 5.10. The van der Waals surface area contributed by atoms with Gasteiger partial charge in [-0.05, 0) is 18.9 Å². The fourth-order valence-electron chi connectivity index (χ4n) is 2.98. The van der Waals surface area contributed by atoms with E-state index in [0.717, 1.165) is 52.1 Å². The minimum Gasteiger partial charge on any atom is -0.329 e. The molecule has 5 nitrogen and oxygen atoms in total. The summed E-state index contributed by atoms with van der Waals surface area (Å²) in [5, 5.41) is 4.53. The first-order chi connectivity index (χ1) is 9.67. The van der Waals surface area contributed by atoms with E-state index < -0.39 is 0 Å². The van der Waals surface area contributed by atoms with E-state index in [1.165, 1.54) is 11.4 Å². The second-order valence-corrected chi connectivity index (χ2v) is 5.71. The molecule has 0 bridgehead atoms. The van der Waals surface area contributed by atoms with Crippen LogP contribution in [0, 0.1) is 0 Å². The first-order valence-corrected chi connectivity index (χ1v) is 7.86. The molecule has 1 fully saturated rings. The van der Waals surface area contributed by atoms with Gasteiger partial charge in [0.1, 0.15) is 0 Å². The fourth-order valence-corrected chi connectivity index (χ4v) is 2.98. The number of rotatable bonds is 6. The van der Waals surface area contributed by atoms with Crippen LogP contribution in [-0.2, 0) is 20.0 Å². The molecular weight excluding hydrogens is 250 g/mol. The van der Waals surface area contributed by atoms with Crippen molar-refractivity contribution < 1.29 is 0 Å². The lowest BCUT2D eigenvalue weighted by molar-refractivity contribution is 0.0912. The molecule has 2 heterocycles. The van der Waals surface area contributed by atoms with Gasteiger partial charge in [0.05, 0.1) is 11.4 Å². The maximum atomic E-state index is 5.84. The van der Waals surface area contributed by atoms with Crippen LogP contribution >= 0.6 is 0 Å². The van der Waals surface area contributed by atoms with Gasteiger partial charge < -0.3 is 5.73 Å². The average molecular weight is 279 g/mol. The van der Waals surface area contributed by atoms with E-state index in [4.69, 9.17) is 5.73 Å². The van der Waals surface area contributed by atoms with Gasteiger partial charge in [0, 0.05) is 52.4 Å². The predicted octanol–water partition coefficient (Wildman–Crippen LogP) is 0.837. The first-order valence-electron chi connectivity index (χ1n) is 7.86. The standard InChI is InChI=1S/C15H29N5/c1-4-13-10-15(18(3)17-13)12-19-6-8-20(9-7-19)14(5-2)11-16/h10,14H,4-9,11-12,16H2,1-3H3. The largest absolute Gasteiger partial charge is 0.329 e. The molecule has 5 heteroatoms. The smallest absolute Gasteiger partial charge is 0.0625 e. The van der Waals surface area contributed by atoms with Crippen molar-refractivity contribution in [1.82, 2.24) is 19.6 Å². The number of hydrogen-bond acceptors (Lipinski definition) is 4. The molecule has 1 saturated heterocycles. The SMILES string of the molecule is CCc1cc(CN2CCN(C(CC)CN)CC2)n(C)n1. The summed E-state index contributed by atoms with van der Waals surface area (Å²) in [6, 6.07) is 2.79. The minimum absolute atomic E-state index is 0.556. The van der Waals surface area contributed by atoms with E-state index in [9.17, 15) is 0 Å². The highest BCUT2D eigenvalue weighted by Gasteiger charge is 2.22. The lowest BCUT2D eigenvalue weighted by Gasteiger charge is -2.38. The third-order valence-corrected chi connectivity index (χ3v) is 4.44. The Hall–Kier alpha value is -0.910. The summed E-state index contributed by atoms with van der Waals surface area (Å²) in [5.41, 5.74) is 8.35. The number of aryl methyl sites for hydroxylation is 2. The van der Waals surface area contributed by atoms with Crippen LogP contribution < -0.4 is 5.73 Å². The van der Waals surface area contributed by atoms with Crippen LogP contribution in [0.4, 0.5) is 0 Å². The van der Waals surface area contributed by atoms with Crippen molar-refractivity contribution in [3.05, 3.63) is 17.5 Å². The van der Waals surface area contributed by atoms with Crippen molar-refractivity contribution in [2.45, 2.75) is 39.3 Å². The molecular formula is C15H29N5. The van der Waals surface area contributed by atoms with Crippen molar-refractivity contribution in [3.8, 4) is 0 Å². The average Bonchev–Trinajstić information content (AvgIpc) is 2.82. The molecule has 0 amide bonds. The quantitative estimate of drug-likeness (QED) is 0.838. The van der Waals surface area contributed by atoms with Gasteiger partial charge in [-0.3, -0.25) is 14.5 Å². The normalized spacial score (nSPS) is 19.4. The van der Waals surface area contributed by atoms with Gasteiger partial charge in [-0.25, -0.2) is 0 Å². The zero-order valence-corrected chi connectivity index (χ0v) is 13.2. The molecule has 1 unspecified atom stereocenters. The number of hydrogen-bond donors (Lipinski definition) is 1. The molecule has 0 spiro atoms. The summed E-state index contributed by atoms with van der Waals surface area (Å²) in [6.07, 6.45) is 2.16. The van der Waals surface area contributed by atoms with Crippen LogP contribution in [0.5, 0.6) is 0 Å². The minimum atomic E-state index is 0.556. The van der Waals surface area contributed by atoms with Crippen molar-refractivity contribution >= 4 is 0 Å². The van der Waals surface area contributed by atoms with E-state index in [1.54, 1.807) is 0 Å². The molecule has 1 aromatic rings. The summed E-state index contributed by atoms with van der Waals surface area (Å²) < 4.78 is 2.03. The van der Waals surface area contributed by atoms with Crippen LogP contribution in [0.2, 0.25) is 0 Å². The van der Waals surface area contributed by atoms with Gasteiger partial charge in [0.25, 0.3) is 0 Å². The highest BCUT2D eigenvalue weighted by atomic mass is 15.3. The molecule has 0 radical (unpaired) electrons. The monoisotopic (exact) mass is 279 g/mol. The highest BCUT2D eigenvalue weighted by Crippen LogP contribution is 2.12. The van der Waals surface area contributed by atoms with Gasteiger partial charge in [-0.1, -0.05) is 13.8 Å². The third-order valence-electron chi connectivity index (χ3n) is 4.44. The van der Waals surface area contributed by atoms with Crippen LogP contribution in [0.15, 0.2) is 6.07 Å². The summed E-state index contributed by atoms with van der Waals surface area (Å²) >= 11 is 0. The third kappa shape index (κ3) is 3.59. The van der Waals surface area contributed by atoms with E-state index in [1.807, 2.05) is 11.7 Å². The van der Waals surface area contributed by atoms with Crippen molar-refractivity contribution in [2.24, 2.45) is 12.8 Å². The van der Waals surface area contributed by atoms with Gasteiger partial charge in [0.2, 0.25) is 0 Å². The molecule has 2 N–H and O–H groups in total. The zero-order chi connectivity index (χ0) is 14.5. The Kier molecular flexibility index (Phi) is 5.57. The Labute approximate surface area is 122 Å². The van der Waals surface area contributed by atoms with Crippen molar-refractivity contribution in [1.29, 1.82) is 0 Å². The van der Waals surface area contributed by atoms with Crippen molar-refractivity contribution in [3.63, 3.8) is 0 Å². The Morgan fingerprint density at radius 3 is 2.45 bits per heavy atom. The Bertz CT molecular complexity index is 402.